The first-order valence-electron chi connectivity index (χ1n) is 8.50. The van der Waals surface area contributed by atoms with Crippen molar-refractivity contribution < 1.29 is 9.90 Å². The Hall–Kier alpha value is -1.04. The van der Waals surface area contributed by atoms with E-state index in [-0.39, 0.29) is 5.91 Å². The van der Waals surface area contributed by atoms with Crippen LogP contribution in [0, 0.1) is 5.92 Å². The van der Waals surface area contributed by atoms with Crippen LogP contribution in [-0.2, 0) is 0 Å². The van der Waals surface area contributed by atoms with Gasteiger partial charge in [0.2, 0.25) is 0 Å². The molecule has 2 N–H and O–H groups in total. The molecule has 0 saturated carbocycles. The van der Waals surface area contributed by atoms with E-state index < -0.39 is 6.10 Å². The van der Waals surface area contributed by atoms with E-state index in [4.69, 9.17) is 0 Å². The summed E-state index contributed by atoms with van der Waals surface area (Å²) in [6.45, 7) is 7.41. The monoisotopic (exact) mass is 336 g/mol. The van der Waals surface area contributed by atoms with Gasteiger partial charge in [0.1, 0.15) is 0 Å². The van der Waals surface area contributed by atoms with Gasteiger partial charge in [-0.1, -0.05) is 13.8 Å². The van der Waals surface area contributed by atoms with Gasteiger partial charge in [-0.2, -0.15) is 0 Å². The first-order chi connectivity index (χ1) is 11.1. The minimum Gasteiger partial charge on any atom is -0.390 e. The lowest BCUT2D eigenvalue weighted by molar-refractivity contribution is 0.0795. The van der Waals surface area contributed by atoms with E-state index >= 15 is 0 Å². The number of carbonyl (C=O) groups excluding carboxylic acids is 1. The van der Waals surface area contributed by atoms with Crippen LogP contribution < -0.4 is 5.32 Å². The van der Waals surface area contributed by atoms with Crippen LogP contribution in [0.5, 0.6) is 0 Å². The fraction of sp³-hybridized carbons (Fsp3) is 0.611. The third-order valence-corrected chi connectivity index (χ3v) is 5.17. The van der Waals surface area contributed by atoms with Crippen LogP contribution in [0.1, 0.15) is 37.0 Å². The van der Waals surface area contributed by atoms with E-state index in [1.165, 1.54) is 17.7 Å². The Bertz CT molecular complexity index is 484. The number of nitrogens with zero attached hydrogens (tertiary/aromatic N) is 1. The normalized spacial score (nSPS) is 17.9. The predicted molar refractivity (Wildman–Crippen MR) is 96.0 cm³/mol. The van der Waals surface area contributed by atoms with Gasteiger partial charge >= 0.3 is 0 Å². The highest BCUT2D eigenvalue weighted by Crippen LogP contribution is 2.18. The van der Waals surface area contributed by atoms with Gasteiger partial charge in [0.25, 0.3) is 5.91 Å². The second-order valence-electron chi connectivity index (χ2n) is 6.30. The number of aliphatic hydroxyl groups is 1. The Morgan fingerprint density at radius 3 is 2.61 bits per heavy atom. The SMILES string of the molecule is CCSc1ccc(C(=O)NCC(O)CN2CCC(C)CC2)cc1. The summed E-state index contributed by atoms with van der Waals surface area (Å²) in [6, 6.07) is 7.61. The summed E-state index contributed by atoms with van der Waals surface area (Å²) in [4.78, 5) is 15.6. The number of hydrogen-bond acceptors (Lipinski definition) is 4. The maximum atomic E-state index is 12.1. The number of likely N-dealkylation sites (tertiary alicyclic amines) is 1. The fourth-order valence-electron chi connectivity index (χ4n) is 2.79. The molecule has 5 heteroatoms. The zero-order valence-electron chi connectivity index (χ0n) is 14.1. The Morgan fingerprint density at radius 2 is 2.00 bits per heavy atom. The van der Waals surface area contributed by atoms with Crippen molar-refractivity contribution in [1.82, 2.24) is 10.2 Å². The molecule has 128 valence electrons. The van der Waals surface area contributed by atoms with Crippen LogP contribution >= 0.6 is 11.8 Å². The zero-order chi connectivity index (χ0) is 16.7. The van der Waals surface area contributed by atoms with Gasteiger partial charge in [0.05, 0.1) is 6.10 Å². The third kappa shape index (κ3) is 6.16. The van der Waals surface area contributed by atoms with E-state index in [9.17, 15) is 9.90 Å². The predicted octanol–water partition coefficient (Wildman–Crippen LogP) is 2.62. The van der Waals surface area contributed by atoms with Crippen LogP contribution in [0.2, 0.25) is 0 Å². The van der Waals surface area contributed by atoms with Crippen molar-refractivity contribution in [3.63, 3.8) is 0 Å². The van der Waals surface area contributed by atoms with Crippen LogP contribution in [-0.4, -0.2) is 53.9 Å². The molecule has 0 aliphatic carbocycles. The third-order valence-electron chi connectivity index (χ3n) is 4.27. The number of hydrogen-bond donors (Lipinski definition) is 2. The summed E-state index contributed by atoms with van der Waals surface area (Å²) in [5, 5.41) is 12.9. The molecule has 0 aromatic heterocycles. The van der Waals surface area contributed by atoms with Crippen LogP contribution in [0.15, 0.2) is 29.2 Å². The highest BCUT2D eigenvalue weighted by molar-refractivity contribution is 7.99. The minimum atomic E-state index is -0.512. The van der Waals surface area contributed by atoms with Gasteiger partial charge in [0.15, 0.2) is 0 Å². The van der Waals surface area contributed by atoms with Crippen LogP contribution in [0.25, 0.3) is 0 Å². The largest absolute Gasteiger partial charge is 0.390 e. The van der Waals surface area contributed by atoms with Crippen LogP contribution in [0.4, 0.5) is 0 Å². The summed E-state index contributed by atoms with van der Waals surface area (Å²) < 4.78 is 0. The Morgan fingerprint density at radius 1 is 1.35 bits per heavy atom. The highest BCUT2D eigenvalue weighted by Gasteiger charge is 2.18. The molecule has 1 aliphatic heterocycles. The van der Waals surface area contributed by atoms with Gasteiger partial charge in [-0.25, -0.2) is 0 Å². The van der Waals surface area contributed by atoms with Crippen molar-refractivity contribution in [1.29, 1.82) is 0 Å². The number of amides is 1. The number of thioether (sulfide) groups is 1. The lowest BCUT2D eigenvalue weighted by Crippen LogP contribution is -2.43. The van der Waals surface area contributed by atoms with Gasteiger partial charge < -0.3 is 15.3 Å². The van der Waals surface area contributed by atoms with Crippen molar-refractivity contribution in [3.05, 3.63) is 29.8 Å². The first-order valence-corrected chi connectivity index (χ1v) is 9.48. The number of rotatable bonds is 7. The van der Waals surface area contributed by atoms with Gasteiger partial charge in [0, 0.05) is 23.5 Å². The summed E-state index contributed by atoms with van der Waals surface area (Å²) >= 11 is 1.76. The molecule has 1 aliphatic rings. The van der Waals surface area contributed by atoms with Crippen molar-refractivity contribution >= 4 is 17.7 Å². The van der Waals surface area contributed by atoms with Gasteiger partial charge in [-0.05, 0) is 61.9 Å². The zero-order valence-corrected chi connectivity index (χ0v) is 14.9. The molecular weight excluding hydrogens is 308 g/mol. The molecule has 1 unspecified atom stereocenters. The molecule has 1 saturated heterocycles. The molecular formula is C18H28N2O2S. The minimum absolute atomic E-state index is 0.121. The van der Waals surface area contributed by atoms with Crippen molar-refractivity contribution in [2.24, 2.45) is 5.92 Å². The quantitative estimate of drug-likeness (QED) is 0.752. The maximum Gasteiger partial charge on any atom is 0.251 e. The molecule has 1 atom stereocenters. The topological polar surface area (TPSA) is 52.6 Å². The molecule has 1 heterocycles. The first kappa shape index (κ1) is 18.3. The van der Waals surface area contributed by atoms with Crippen molar-refractivity contribution in [2.45, 2.75) is 37.7 Å². The molecule has 1 aromatic carbocycles. The number of aliphatic hydroxyl groups excluding tert-OH is 1. The summed E-state index contributed by atoms with van der Waals surface area (Å²) in [5.41, 5.74) is 0.643. The van der Waals surface area contributed by atoms with E-state index in [2.05, 4.69) is 24.1 Å². The van der Waals surface area contributed by atoms with Crippen molar-refractivity contribution in [3.8, 4) is 0 Å². The molecule has 0 spiro atoms. The standard InChI is InChI=1S/C18H28N2O2S/c1-3-23-17-6-4-15(5-7-17)18(22)19-12-16(21)13-20-10-8-14(2)9-11-20/h4-7,14,16,21H,3,8-13H2,1-2H3,(H,19,22). The molecule has 1 fully saturated rings. The maximum absolute atomic E-state index is 12.1. The van der Waals surface area contributed by atoms with Gasteiger partial charge in [-0.3, -0.25) is 4.79 Å². The van der Waals surface area contributed by atoms with Gasteiger partial charge in [-0.15, -0.1) is 11.8 Å². The Labute approximate surface area is 143 Å². The second-order valence-corrected chi connectivity index (χ2v) is 7.64. The molecule has 2 rings (SSSR count). The Balaban J connectivity index is 1.72. The molecule has 0 radical (unpaired) electrons. The smallest absolute Gasteiger partial charge is 0.251 e. The molecule has 1 amide bonds. The average Bonchev–Trinajstić information content (AvgIpc) is 2.56. The molecule has 0 bridgehead atoms. The van der Waals surface area contributed by atoms with E-state index in [1.807, 2.05) is 24.3 Å². The van der Waals surface area contributed by atoms with Crippen molar-refractivity contribution in [2.75, 3.05) is 31.9 Å². The summed E-state index contributed by atoms with van der Waals surface area (Å²) in [5.74, 6) is 1.69. The molecule has 23 heavy (non-hydrogen) atoms. The fourth-order valence-corrected chi connectivity index (χ4v) is 3.45. The number of benzene rings is 1. The van der Waals surface area contributed by atoms with E-state index in [0.717, 1.165) is 24.8 Å². The van der Waals surface area contributed by atoms with Crippen LogP contribution in [0.3, 0.4) is 0 Å². The second kappa shape index (κ2) is 9.30. The lowest BCUT2D eigenvalue weighted by atomic mass is 9.99. The van der Waals surface area contributed by atoms with E-state index in [1.54, 1.807) is 11.8 Å². The Kier molecular flexibility index (Phi) is 7.40. The lowest BCUT2D eigenvalue weighted by Gasteiger charge is -2.31. The molecule has 4 nitrogen and oxygen atoms in total. The average molecular weight is 337 g/mol. The van der Waals surface area contributed by atoms with E-state index in [0.29, 0.717) is 18.7 Å². The number of piperidine rings is 1. The number of nitrogens with one attached hydrogen (secondary N) is 1. The number of carbonyl (C=O) groups is 1. The summed E-state index contributed by atoms with van der Waals surface area (Å²) in [7, 11) is 0. The summed E-state index contributed by atoms with van der Waals surface area (Å²) in [6.07, 6.45) is 1.88. The number of β-amino-alcohol motifs (C(OH)–C–C–N with tert-alkyl or cyclic N) is 1. The molecule has 1 aromatic rings. The highest BCUT2D eigenvalue weighted by atomic mass is 32.2.